The minimum atomic E-state index is -0.543. The van der Waals surface area contributed by atoms with Crippen LogP contribution >= 0.6 is 0 Å². The molecule has 8 nitrogen and oxygen atoms in total. The number of carbonyl (C=O) groups excluding carboxylic acids is 1. The topological polar surface area (TPSA) is 106 Å². The van der Waals surface area contributed by atoms with Crippen LogP contribution in [0.25, 0.3) is 22.4 Å². The van der Waals surface area contributed by atoms with Gasteiger partial charge in [-0.3, -0.25) is 4.98 Å². The molecule has 3 aromatic rings. The molecule has 1 aromatic carbocycles. The molecule has 0 bridgehead atoms. The summed E-state index contributed by atoms with van der Waals surface area (Å²) in [6, 6.07) is 9.67. The number of rotatable bonds is 10. The van der Waals surface area contributed by atoms with Crippen molar-refractivity contribution in [2.24, 2.45) is 0 Å². The van der Waals surface area contributed by atoms with Gasteiger partial charge in [0, 0.05) is 37.7 Å². The van der Waals surface area contributed by atoms with Gasteiger partial charge in [0.1, 0.15) is 12.4 Å². The minimum absolute atomic E-state index is 0.0502. The molecule has 35 heavy (non-hydrogen) atoms. The maximum absolute atomic E-state index is 14.7. The first-order valence-corrected chi connectivity index (χ1v) is 11.3. The molecule has 0 unspecified atom stereocenters. The zero-order valence-corrected chi connectivity index (χ0v) is 20.4. The number of urea groups is 1. The van der Waals surface area contributed by atoms with E-state index < -0.39 is 11.8 Å². The molecule has 0 saturated heterocycles. The molecule has 3 N–H and O–H groups in total. The van der Waals surface area contributed by atoms with E-state index in [1.54, 1.807) is 38.6 Å². The van der Waals surface area contributed by atoms with Gasteiger partial charge in [0.25, 0.3) is 0 Å². The number of nitrogens with one attached hydrogen (secondary N) is 2. The predicted molar refractivity (Wildman–Crippen MR) is 133 cm³/mol. The van der Waals surface area contributed by atoms with E-state index in [2.05, 4.69) is 20.6 Å². The van der Waals surface area contributed by atoms with Gasteiger partial charge in [-0.05, 0) is 74.2 Å². The molecule has 0 aliphatic rings. The van der Waals surface area contributed by atoms with E-state index >= 15 is 0 Å². The van der Waals surface area contributed by atoms with Crippen LogP contribution in [0.15, 0.2) is 48.8 Å². The number of hydrogen-bond acceptors (Lipinski definition) is 6. The molecule has 0 spiro atoms. The van der Waals surface area contributed by atoms with Gasteiger partial charge in [-0.2, -0.15) is 0 Å². The zero-order chi connectivity index (χ0) is 25.4. The number of aryl methyl sites for hydroxylation is 1. The van der Waals surface area contributed by atoms with Crippen LogP contribution in [0.1, 0.15) is 25.8 Å². The molecule has 9 heteroatoms. The Kier molecular flexibility index (Phi) is 8.73. The first kappa shape index (κ1) is 26.1. The van der Waals surface area contributed by atoms with Gasteiger partial charge >= 0.3 is 6.03 Å². The van der Waals surface area contributed by atoms with Gasteiger partial charge in [0.2, 0.25) is 5.88 Å². The molecular formula is C26H31FN4O4. The SMILES string of the molecule is COC(C)(C)CCNC(=O)Nc1cc(-c2cc(OCCO)nc(-c3ccncc3)c2)c(C)cc1F. The number of amides is 2. The highest BCUT2D eigenvalue weighted by molar-refractivity contribution is 5.90. The standard InChI is InChI=1S/C26H31FN4O4/c1-17-13-21(27)23(31-25(33)29-10-7-26(2,3)34-4)16-20(17)19-14-22(18-5-8-28-9-6-18)30-24(15-19)35-12-11-32/h5-6,8-9,13-16,32H,7,10-12H2,1-4H3,(H2,29,31,33). The third-order valence-electron chi connectivity index (χ3n) is 5.56. The highest BCUT2D eigenvalue weighted by Crippen LogP contribution is 2.33. The number of methoxy groups -OCH3 is 1. The third-order valence-corrected chi connectivity index (χ3v) is 5.56. The second-order valence-corrected chi connectivity index (χ2v) is 8.63. The number of carbonyl (C=O) groups is 1. The molecule has 2 amide bonds. The number of ether oxygens (including phenoxy) is 2. The van der Waals surface area contributed by atoms with Gasteiger partial charge in [-0.25, -0.2) is 14.2 Å². The minimum Gasteiger partial charge on any atom is -0.475 e. The average Bonchev–Trinajstić information content (AvgIpc) is 2.84. The van der Waals surface area contributed by atoms with E-state index in [4.69, 9.17) is 14.6 Å². The van der Waals surface area contributed by atoms with Crippen LogP contribution in [0.3, 0.4) is 0 Å². The van der Waals surface area contributed by atoms with Gasteiger partial charge in [0.05, 0.1) is 23.6 Å². The molecule has 0 atom stereocenters. The van der Waals surface area contributed by atoms with Crippen LogP contribution in [0.4, 0.5) is 14.9 Å². The highest BCUT2D eigenvalue weighted by Gasteiger charge is 2.17. The molecule has 0 saturated carbocycles. The molecular weight excluding hydrogens is 451 g/mol. The zero-order valence-electron chi connectivity index (χ0n) is 20.4. The summed E-state index contributed by atoms with van der Waals surface area (Å²) in [6.07, 6.45) is 3.93. The van der Waals surface area contributed by atoms with Crippen molar-refractivity contribution in [3.63, 3.8) is 0 Å². The van der Waals surface area contributed by atoms with Gasteiger partial charge < -0.3 is 25.2 Å². The summed E-state index contributed by atoms with van der Waals surface area (Å²) in [5, 5.41) is 14.5. The molecule has 186 valence electrons. The normalized spacial score (nSPS) is 11.3. The van der Waals surface area contributed by atoms with Crippen LogP contribution in [-0.2, 0) is 4.74 Å². The Bertz CT molecular complexity index is 1160. The van der Waals surface area contributed by atoms with E-state index in [0.717, 1.165) is 11.1 Å². The number of benzene rings is 1. The largest absolute Gasteiger partial charge is 0.475 e. The van der Waals surface area contributed by atoms with Crippen molar-refractivity contribution in [2.75, 3.05) is 32.2 Å². The van der Waals surface area contributed by atoms with Crippen LogP contribution in [0, 0.1) is 12.7 Å². The quantitative estimate of drug-likeness (QED) is 0.391. The maximum Gasteiger partial charge on any atom is 0.319 e. The van der Waals surface area contributed by atoms with E-state index in [1.807, 2.05) is 32.0 Å². The van der Waals surface area contributed by atoms with Crippen molar-refractivity contribution in [3.05, 3.63) is 60.2 Å². The Labute approximate surface area is 204 Å². The van der Waals surface area contributed by atoms with Crippen molar-refractivity contribution in [1.29, 1.82) is 0 Å². The predicted octanol–water partition coefficient (Wildman–Crippen LogP) is 4.57. The van der Waals surface area contributed by atoms with Crippen molar-refractivity contribution < 1.29 is 23.8 Å². The fourth-order valence-electron chi connectivity index (χ4n) is 3.38. The lowest BCUT2D eigenvalue weighted by Gasteiger charge is -2.22. The molecule has 0 aliphatic heterocycles. The number of aliphatic hydroxyl groups is 1. The van der Waals surface area contributed by atoms with E-state index in [9.17, 15) is 9.18 Å². The number of anilines is 1. The van der Waals surface area contributed by atoms with Crippen LogP contribution in [0.5, 0.6) is 5.88 Å². The first-order valence-electron chi connectivity index (χ1n) is 11.3. The Morgan fingerprint density at radius 1 is 1.14 bits per heavy atom. The van der Waals surface area contributed by atoms with Crippen LogP contribution in [-0.4, -0.2) is 53.6 Å². The lowest BCUT2D eigenvalue weighted by Crippen LogP contribution is -2.34. The van der Waals surface area contributed by atoms with Crippen molar-refractivity contribution in [2.45, 2.75) is 32.8 Å². The lowest BCUT2D eigenvalue weighted by atomic mass is 9.98. The summed E-state index contributed by atoms with van der Waals surface area (Å²) >= 11 is 0. The van der Waals surface area contributed by atoms with Gasteiger partial charge in [-0.15, -0.1) is 0 Å². The summed E-state index contributed by atoms with van der Waals surface area (Å²) in [5.41, 5.74) is 3.24. The Hall–Kier alpha value is -3.56. The molecule has 2 aromatic heterocycles. The second kappa shape index (κ2) is 11.7. The fraction of sp³-hybridized carbons (Fsp3) is 0.346. The number of hydrogen-bond donors (Lipinski definition) is 3. The first-order chi connectivity index (χ1) is 16.7. The number of aromatic nitrogens is 2. The smallest absolute Gasteiger partial charge is 0.319 e. The van der Waals surface area contributed by atoms with E-state index in [1.165, 1.54) is 6.07 Å². The average molecular weight is 483 g/mol. The molecule has 2 heterocycles. The summed E-state index contributed by atoms with van der Waals surface area (Å²) in [5.74, 6) is -0.223. The third kappa shape index (κ3) is 7.21. The Morgan fingerprint density at radius 3 is 2.57 bits per heavy atom. The highest BCUT2D eigenvalue weighted by atomic mass is 19.1. The number of halogens is 1. The van der Waals surface area contributed by atoms with Crippen molar-refractivity contribution >= 4 is 11.7 Å². The summed E-state index contributed by atoms with van der Waals surface area (Å²) < 4.78 is 25.7. The monoisotopic (exact) mass is 482 g/mol. The Morgan fingerprint density at radius 2 is 1.89 bits per heavy atom. The van der Waals surface area contributed by atoms with E-state index in [0.29, 0.717) is 35.7 Å². The van der Waals surface area contributed by atoms with Crippen molar-refractivity contribution in [1.82, 2.24) is 15.3 Å². The van der Waals surface area contributed by atoms with Gasteiger partial charge in [-0.1, -0.05) is 0 Å². The molecule has 0 radical (unpaired) electrons. The maximum atomic E-state index is 14.7. The molecule has 3 rings (SSSR count). The number of aliphatic hydroxyl groups excluding tert-OH is 1. The number of pyridine rings is 2. The van der Waals surface area contributed by atoms with Crippen LogP contribution < -0.4 is 15.4 Å². The fourth-order valence-corrected chi connectivity index (χ4v) is 3.38. The molecule has 0 aliphatic carbocycles. The van der Waals surface area contributed by atoms with Crippen LogP contribution in [0.2, 0.25) is 0 Å². The van der Waals surface area contributed by atoms with Gasteiger partial charge in [0.15, 0.2) is 0 Å². The summed E-state index contributed by atoms with van der Waals surface area (Å²) in [7, 11) is 1.61. The number of nitrogens with zero attached hydrogens (tertiary/aromatic N) is 2. The summed E-state index contributed by atoms with van der Waals surface area (Å²) in [4.78, 5) is 21.0. The van der Waals surface area contributed by atoms with E-state index in [-0.39, 0.29) is 24.5 Å². The second-order valence-electron chi connectivity index (χ2n) is 8.63. The lowest BCUT2D eigenvalue weighted by molar-refractivity contribution is 0.0165. The van der Waals surface area contributed by atoms with Crippen molar-refractivity contribution in [3.8, 4) is 28.3 Å². The summed E-state index contributed by atoms with van der Waals surface area (Å²) in [6.45, 7) is 5.93. The Balaban J connectivity index is 1.90. The molecule has 0 fully saturated rings.